The summed E-state index contributed by atoms with van der Waals surface area (Å²) in [5.41, 5.74) is 0.963. The van der Waals surface area contributed by atoms with Gasteiger partial charge in [0.15, 0.2) is 5.67 Å². The second-order valence-corrected chi connectivity index (χ2v) is 6.24. The Morgan fingerprint density at radius 3 is 2.56 bits per heavy atom. The minimum Gasteiger partial charge on any atom is -0.324 e. The summed E-state index contributed by atoms with van der Waals surface area (Å²) in [6, 6.07) is 12.1. The highest BCUT2D eigenvalue weighted by molar-refractivity contribution is 5.89. The Hall–Kier alpha value is -2.94. The number of carbonyl (C=O) groups is 1. The number of aryl methyl sites for hydroxylation is 1. The molecule has 2 aromatic rings. The number of urea groups is 1. The average molecular weight is 338 g/mol. The number of aromatic nitrogens is 1. The zero-order valence-electron chi connectivity index (χ0n) is 14.0. The van der Waals surface area contributed by atoms with Crippen molar-refractivity contribution in [3.63, 3.8) is 0 Å². The fourth-order valence-corrected chi connectivity index (χ4v) is 3.09. The number of anilines is 1. The number of nitrogens with zero attached hydrogens (tertiary/aromatic N) is 3. The molecular weight excluding hydrogens is 319 g/mol. The van der Waals surface area contributed by atoms with Gasteiger partial charge in [0.25, 0.3) is 0 Å². The second-order valence-electron chi connectivity index (χ2n) is 6.24. The molecule has 1 aliphatic heterocycles. The summed E-state index contributed by atoms with van der Waals surface area (Å²) in [5.74, 6) is 0. The molecule has 1 saturated heterocycles. The average Bonchev–Trinajstić information content (AvgIpc) is 2.63. The third kappa shape index (κ3) is 3.61. The summed E-state index contributed by atoms with van der Waals surface area (Å²) in [6.45, 7) is 2.51. The lowest BCUT2D eigenvalue weighted by molar-refractivity contribution is 0.0677. The molecule has 0 unspecified atom stereocenters. The molecule has 1 aromatic heterocycles. The van der Waals surface area contributed by atoms with Crippen molar-refractivity contribution in [2.45, 2.75) is 25.4 Å². The van der Waals surface area contributed by atoms with Crippen LogP contribution in [0, 0.1) is 18.3 Å². The number of piperidine rings is 1. The molecule has 128 valence electrons. The number of carbonyl (C=O) groups excluding carboxylic acids is 1. The van der Waals surface area contributed by atoms with Gasteiger partial charge >= 0.3 is 6.03 Å². The first-order valence-electron chi connectivity index (χ1n) is 8.19. The van der Waals surface area contributed by atoms with E-state index in [0.717, 1.165) is 5.56 Å². The number of pyridine rings is 1. The summed E-state index contributed by atoms with van der Waals surface area (Å²) in [4.78, 5) is 18.2. The molecule has 1 fully saturated rings. The molecule has 0 aliphatic carbocycles. The molecule has 0 saturated carbocycles. The van der Waals surface area contributed by atoms with Crippen molar-refractivity contribution < 1.29 is 9.18 Å². The fourth-order valence-electron chi connectivity index (χ4n) is 3.09. The minimum atomic E-state index is -1.49. The van der Waals surface area contributed by atoms with Crippen molar-refractivity contribution in [2.24, 2.45) is 0 Å². The van der Waals surface area contributed by atoms with E-state index >= 15 is 4.39 Å². The molecule has 2 amide bonds. The largest absolute Gasteiger partial charge is 0.324 e. The standard InChI is InChI=1S/C19H19FN4O/c1-14-3-2-10-22-17(14)19(20)8-11-24(12-9-19)18(25)23-16-6-4-15(13-21)5-7-16/h2-7,10H,8-9,11-12H2,1H3,(H,23,25). The first-order valence-corrected chi connectivity index (χ1v) is 8.19. The molecule has 6 heteroatoms. The van der Waals surface area contributed by atoms with Gasteiger partial charge in [0.05, 0.1) is 17.3 Å². The van der Waals surface area contributed by atoms with Crippen LogP contribution < -0.4 is 5.32 Å². The minimum absolute atomic E-state index is 0.228. The molecule has 5 nitrogen and oxygen atoms in total. The number of hydrogen-bond acceptors (Lipinski definition) is 3. The highest BCUT2D eigenvalue weighted by atomic mass is 19.1. The maximum Gasteiger partial charge on any atom is 0.321 e. The van der Waals surface area contributed by atoms with Crippen molar-refractivity contribution in [1.82, 2.24) is 9.88 Å². The summed E-state index contributed by atoms with van der Waals surface area (Å²) in [7, 11) is 0. The van der Waals surface area contributed by atoms with Gasteiger partial charge in [0.2, 0.25) is 0 Å². The van der Waals surface area contributed by atoms with Crippen LogP contribution in [0.1, 0.15) is 29.7 Å². The quantitative estimate of drug-likeness (QED) is 0.906. The molecule has 3 rings (SSSR count). The van der Waals surface area contributed by atoms with Gasteiger partial charge in [-0.3, -0.25) is 4.98 Å². The first-order chi connectivity index (χ1) is 12.0. The van der Waals surface area contributed by atoms with E-state index < -0.39 is 5.67 Å². The first kappa shape index (κ1) is 16.9. The van der Waals surface area contributed by atoms with Gasteiger partial charge in [-0.2, -0.15) is 5.26 Å². The van der Waals surface area contributed by atoms with Crippen molar-refractivity contribution in [3.8, 4) is 6.07 Å². The van der Waals surface area contributed by atoms with Crippen molar-refractivity contribution in [2.75, 3.05) is 18.4 Å². The van der Waals surface area contributed by atoms with E-state index in [2.05, 4.69) is 10.3 Å². The number of rotatable bonds is 2. The Bertz CT molecular complexity index is 805. The molecule has 1 aromatic carbocycles. The van der Waals surface area contributed by atoms with Crippen LogP contribution in [0.4, 0.5) is 14.9 Å². The number of alkyl halides is 1. The zero-order chi connectivity index (χ0) is 17.9. The lowest BCUT2D eigenvalue weighted by Gasteiger charge is -2.36. The SMILES string of the molecule is Cc1cccnc1C1(F)CCN(C(=O)Nc2ccc(C#N)cc2)CC1. The number of halogens is 1. The van der Waals surface area contributed by atoms with Crippen LogP contribution >= 0.6 is 0 Å². The van der Waals surface area contributed by atoms with Crippen molar-refractivity contribution in [3.05, 3.63) is 59.4 Å². The zero-order valence-corrected chi connectivity index (χ0v) is 14.0. The number of amides is 2. The smallest absolute Gasteiger partial charge is 0.321 e. The molecular formula is C19H19FN4O. The van der Waals surface area contributed by atoms with E-state index in [9.17, 15) is 4.79 Å². The van der Waals surface area contributed by atoms with Gasteiger partial charge in [-0.25, -0.2) is 9.18 Å². The molecule has 1 aliphatic rings. The molecule has 0 spiro atoms. The molecule has 1 N–H and O–H groups in total. The third-order valence-electron chi connectivity index (χ3n) is 4.54. The van der Waals surface area contributed by atoms with Crippen LogP contribution in [0.25, 0.3) is 0 Å². The normalized spacial score (nSPS) is 16.1. The predicted octanol–water partition coefficient (Wildman–Crippen LogP) is 3.75. The van der Waals surface area contributed by atoms with Crippen LogP contribution in [0.3, 0.4) is 0 Å². The van der Waals surface area contributed by atoms with E-state index in [1.54, 1.807) is 41.4 Å². The highest BCUT2D eigenvalue weighted by Gasteiger charge is 2.39. The van der Waals surface area contributed by atoms with Crippen LogP contribution in [0.5, 0.6) is 0 Å². The van der Waals surface area contributed by atoms with Gasteiger partial charge in [-0.15, -0.1) is 0 Å². The maximum atomic E-state index is 15.3. The number of nitriles is 1. The van der Waals surface area contributed by atoms with E-state index in [-0.39, 0.29) is 18.9 Å². The Labute approximate surface area is 146 Å². The van der Waals surface area contributed by atoms with Gasteiger partial charge in [0.1, 0.15) is 0 Å². The van der Waals surface area contributed by atoms with Crippen LogP contribution in [-0.2, 0) is 5.67 Å². The van der Waals surface area contributed by atoms with E-state index in [4.69, 9.17) is 5.26 Å². The molecule has 2 heterocycles. The molecule has 25 heavy (non-hydrogen) atoms. The van der Waals surface area contributed by atoms with Crippen LogP contribution in [-0.4, -0.2) is 29.0 Å². The van der Waals surface area contributed by atoms with Crippen LogP contribution in [0.15, 0.2) is 42.6 Å². The lowest BCUT2D eigenvalue weighted by atomic mass is 9.87. The Balaban J connectivity index is 1.62. The van der Waals surface area contributed by atoms with Crippen molar-refractivity contribution in [1.29, 1.82) is 5.26 Å². The van der Waals surface area contributed by atoms with Gasteiger partial charge in [0, 0.05) is 37.8 Å². The maximum absolute atomic E-state index is 15.3. The Morgan fingerprint density at radius 1 is 1.28 bits per heavy atom. The topological polar surface area (TPSA) is 69.0 Å². The van der Waals surface area contributed by atoms with Gasteiger partial charge in [-0.1, -0.05) is 6.07 Å². The Kier molecular flexibility index (Phi) is 4.66. The van der Waals surface area contributed by atoms with E-state index in [1.807, 2.05) is 19.1 Å². The van der Waals surface area contributed by atoms with E-state index in [1.165, 1.54) is 0 Å². The third-order valence-corrected chi connectivity index (χ3v) is 4.54. The molecule has 0 atom stereocenters. The van der Waals surface area contributed by atoms with Crippen molar-refractivity contribution >= 4 is 11.7 Å². The van der Waals surface area contributed by atoms with E-state index in [0.29, 0.717) is 30.0 Å². The molecule has 0 bridgehead atoms. The summed E-state index contributed by atoms with van der Waals surface area (Å²) in [6.07, 6.45) is 2.06. The number of likely N-dealkylation sites (tertiary alicyclic amines) is 1. The number of benzene rings is 1. The summed E-state index contributed by atoms with van der Waals surface area (Å²) in [5, 5.41) is 11.6. The van der Waals surface area contributed by atoms with Gasteiger partial charge < -0.3 is 10.2 Å². The highest BCUT2D eigenvalue weighted by Crippen LogP contribution is 2.37. The molecule has 0 radical (unpaired) electrons. The lowest BCUT2D eigenvalue weighted by Crippen LogP contribution is -2.45. The number of hydrogen-bond donors (Lipinski definition) is 1. The van der Waals surface area contributed by atoms with Crippen LogP contribution in [0.2, 0.25) is 0 Å². The second kappa shape index (κ2) is 6.89. The predicted molar refractivity (Wildman–Crippen MR) is 92.7 cm³/mol. The monoisotopic (exact) mass is 338 g/mol. The Morgan fingerprint density at radius 2 is 1.96 bits per heavy atom. The fraction of sp³-hybridized carbons (Fsp3) is 0.316. The van der Waals surface area contributed by atoms with Gasteiger partial charge in [-0.05, 0) is 42.8 Å². The summed E-state index contributed by atoms with van der Waals surface area (Å²) >= 11 is 0. The summed E-state index contributed by atoms with van der Waals surface area (Å²) < 4.78 is 15.3. The number of nitrogens with one attached hydrogen (secondary N) is 1.